The van der Waals surface area contributed by atoms with Gasteiger partial charge in [0.15, 0.2) is 6.29 Å². The Kier molecular flexibility index (Phi) is 3.22. The average molecular weight is 351 g/mol. The highest BCUT2D eigenvalue weighted by Gasteiger charge is 2.20. The molecule has 0 spiro atoms. The highest BCUT2D eigenvalue weighted by atomic mass is 16.2. The molecular formula is C24H17NO2. The fraction of sp³-hybridized carbons (Fsp3) is 0.0833. The average Bonchev–Trinajstić information content (AvgIpc) is 2.70. The fourth-order valence-electron chi connectivity index (χ4n) is 4.28. The van der Waals surface area contributed by atoms with Crippen molar-refractivity contribution in [2.24, 2.45) is 0 Å². The van der Waals surface area contributed by atoms with Crippen LogP contribution in [0.4, 0.5) is 0 Å². The van der Waals surface area contributed by atoms with Gasteiger partial charge in [0.2, 0.25) is 0 Å². The van der Waals surface area contributed by atoms with Gasteiger partial charge >= 0.3 is 0 Å². The minimum absolute atomic E-state index is 0.0983. The lowest BCUT2D eigenvalue weighted by atomic mass is 9.86. The number of fused-ring (bicyclic) bond motifs is 2. The normalized spacial score (nSPS) is 11.6. The molecule has 0 saturated heterocycles. The third-order valence-corrected chi connectivity index (χ3v) is 5.44. The third-order valence-electron chi connectivity index (χ3n) is 5.44. The van der Waals surface area contributed by atoms with E-state index in [0.717, 1.165) is 38.6 Å². The summed E-state index contributed by atoms with van der Waals surface area (Å²) in [4.78, 5) is 26.2. The van der Waals surface area contributed by atoms with Crippen LogP contribution in [0.2, 0.25) is 0 Å². The van der Waals surface area contributed by atoms with Gasteiger partial charge in [0.25, 0.3) is 5.91 Å². The molecule has 130 valence electrons. The molecule has 5 aromatic carbocycles. The summed E-state index contributed by atoms with van der Waals surface area (Å²) in [6.07, 6.45) is 0.844. The molecule has 0 unspecified atom stereocenters. The van der Waals surface area contributed by atoms with Gasteiger partial charge in [-0.1, -0.05) is 54.6 Å². The molecule has 0 N–H and O–H groups in total. The second-order valence-electron chi connectivity index (χ2n) is 7.14. The highest BCUT2D eigenvalue weighted by molar-refractivity contribution is 6.35. The molecule has 0 saturated carbocycles. The maximum Gasteiger partial charge on any atom is 0.253 e. The van der Waals surface area contributed by atoms with E-state index in [1.165, 1.54) is 10.8 Å². The first-order valence-electron chi connectivity index (χ1n) is 8.91. The summed E-state index contributed by atoms with van der Waals surface area (Å²) in [6, 6.07) is 20.3. The Labute approximate surface area is 156 Å². The van der Waals surface area contributed by atoms with Gasteiger partial charge in [-0.15, -0.1) is 0 Å². The van der Waals surface area contributed by atoms with Gasteiger partial charge in [0.1, 0.15) is 0 Å². The van der Waals surface area contributed by atoms with Crippen molar-refractivity contribution >= 4 is 55.3 Å². The maximum atomic E-state index is 12.8. The van der Waals surface area contributed by atoms with Crippen LogP contribution in [0.25, 0.3) is 43.1 Å². The van der Waals surface area contributed by atoms with E-state index in [1.54, 1.807) is 19.0 Å². The lowest BCUT2D eigenvalue weighted by molar-refractivity contribution is 0.0829. The Balaban J connectivity index is 2.13. The Morgan fingerprint density at radius 2 is 1.33 bits per heavy atom. The second-order valence-corrected chi connectivity index (χ2v) is 7.14. The predicted octanol–water partition coefficient (Wildman–Crippen LogP) is 5.25. The van der Waals surface area contributed by atoms with Gasteiger partial charge in [-0.3, -0.25) is 9.59 Å². The first-order valence-corrected chi connectivity index (χ1v) is 8.91. The number of rotatable bonds is 2. The van der Waals surface area contributed by atoms with E-state index in [4.69, 9.17) is 0 Å². The molecule has 0 heterocycles. The summed E-state index contributed by atoms with van der Waals surface area (Å²) >= 11 is 0. The highest BCUT2D eigenvalue weighted by Crippen LogP contribution is 2.41. The van der Waals surface area contributed by atoms with Crippen LogP contribution in [0.1, 0.15) is 20.7 Å². The summed E-state index contributed by atoms with van der Waals surface area (Å²) in [5, 5.41) is 8.58. The quantitative estimate of drug-likeness (QED) is 0.247. The summed E-state index contributed by atoms with van der Waals surface area (Å²) < 4.78 is 0. The van der Waals surface area contributed by atoms with E-state index in [2.05, 4.69) is 36.4 Å². The topological polar surface area (TPSA) is 37.4 Å². The van der Waals surface area contributed by atoms with Crippen molar-refractivity contribution in [3.63, 3.8) is 0 Å². The lowest BCUT2D eigenvalue weighted by Gasteiger charge is -2.18. The summed E-state index contributed by atoms with van der Waals surface area (Å²) in [5.74, 6) is -0.0983. The monoisotopic (exact) mass is 351 g/mol. The fourth-order valence-corrected chi connectivity index (χ4v) is 4.28. The number of carbonyl (C=O) groups excluding carboxylic acids is 2. The zero-order chi connectivity index (χ0) is 18.7. The van der Waals surface area contributed by atoms with E-state index >= 15 is 0 Å². The van der Waals surface area contributed by atoms with Crippen molar-refractivity contribution in [1.82, 2.24) is 4.90 Å². The van der Waals surface area contributed by atoms with Crippen LogP contribution in [0.15, 0.2) is 60.7 Å². The predicted molar refractivity (Wildman–Crippen MR) is 111 cm³/mol. The third kappa shape index (κ3) is 2.02. The van der Waals surface area contributed by atoms with Crippen molar-refractivity contribution < 1.29 is 9.59 Å². The summed E-state index contributed by atoms with van der Waals surface area (Å²) in [6.45, 7) is 0. The van der Waals surface area contributed by atoms with Crippen molar-refractivity contribution in [2.75, 3.05) is 14.1 Å². The molecule has 1 amide bonds. The minimum atomic E-state index is -0.0983. The van der Waals surface area contributed by atoms with Crippen molar-refractivity contribution in [2.45, 2.75) is 0 Å². The number of amides is 1. The zero-order valence-electron chi connectivity index (χ0n) is 15.1. The molecule has 0 radical (unpaired) electrons. The molecule has 0 aliphatic heterocycles. The second kappa shape index (κ2) is 5.52. The number of hydrogen-bond acceptors (Lipinski definition) is 2. The molecular weight excluding hydrogens is 334 g/mol. The van der Waals surface area contributed by atoms with Crippen molar-refractivity contribution in [3.8, 4) is 0 Å². The van der Waals surface area contributed by atoms with Gasteiger partial charge < -0.3 is 4.90 Å². The van der Waals surface area contributed by atoms with E-state index < -0.39 is 0 Å². The number of aldehydes is 1. The summed E-state index contributed by atoms with van der Waals surface area (Å²) in [7, 11) is 3.46. The van der Waals surface area contributed by atoms with Crippen molar-refractivity contribution in [1.29, 1.82) is 0 Å². The first kappa shape index (κ1) is 15.8. The van der Waals surface area contributed by atoms with Crippen LogP contribution in [0.3, 0.4) is 0 Å². The SMILES string of the molecule is CN(C)C(=O)c1ccc2c3cccc4cccc(c5ccc(C=O)c1c52)c43. The van der Waals surface area contributed by atoms with Gasteiger partial charge in [-0.2, -0.15) is 0 Å². The molecule has 0 aromatic heterocycles. The van der Waals surface area contributed by atoms with E-state index in [9.17, 15) is 9.59 Å². The van der Waals surface area contributed by atoms with Crippen LogP contribution in [-0.2, 0) is 0 Å². The van der Waals surface area contributed by atoms with E-state index in [-0.39, 0.29) is 5.91 Å². The molecule has 3 heteroatoms. The molecule has 3 nitrogen and oxygen atoms in total. The van der Waals surface area contributed by atoms with Crippen LogP contribution in [0.5, 0.6) is 0 Å². The molecule has 5 rings (SSSR count). The lowest BCUT2D eigenvalue weighted by Crippen LogP contribution is -2.22. The van der Waals surface area contributed by atoms with Crippen LogP contribution in [-0.4, -0.2) is 31.2 Å². The number of hydrogen-bond donors (Lipinski definition) is 0. The van der Waals surface area contributed by atoms with Gasteiger partial charge in [-0.25, -0.2) is 0 Å². The molecule has 0 aliphatic rings. The standard InChI is InChI=1S/C24H17NO2/c1-25(2)24(27)20-12-11-19-17-8-4-6-14-5-3-7-16(21(14)17)18-10-9-15(13-26)22(20)23(18)19/h3-13H,1-2H3. The molecule has 0 bridgehead atoms. The minimum Gasteiger partial charge on any atom is -0.345 e. The molecule has 0 atom stereocenters. The molecule has 27 heavy (non-hydrogen) atoms. The van der Waals surface area contributed by atoms with Crippen LogP contribution >= 0.6 is 0 Å². The van der Waals surface area contributed by atoms with Crippen molar-refractivity contribution in [3.05, 3.63) is 71.8 Å². The number of benzene rings is 5. The first-order chi connectivity index (χ1) is 13.1. The van der Waals surface area contributed by atoms with Gasteiger partial charge in [0, 0.05) is 30.6 Å². The zero-order valence-corrected chi connectivity index (χ0v) is 15.1. The molecule has 5 aromatic rings. The number of nitrogens with zero attached hydrogens (tertiary/aromatic N) is 1. The Morgan fingerprint density at radius 3 is 1.93 bits per heavy atom. The number of carbonyl (C=O) groups is 2. The Hall–Kier alpha value is -3.46. The Morgan fingerprint density at radius 1 is 0.741 bits per heavy atom. The smallest absolute Gasteiger partial charge is 0.253 e. The summed E-state index contributed by atoms with van der Waals surface area (Å²) in [5.41, 5.74) is 1.11. The molecule has 0 aliphatic carbocycles. The molecule has 0 fully saturated rings. The van der Waals surface area contributed by atoms with E-state index in [0.29, 0.717) is 11.1 Å². The van der Waals surface area contributed by atoms with Gasteiger partial charge in [-0.05, 0) is 43.8 Å². The Bertz CT molecular complexity index is 1330. The van der Waals surface area contributed by atoms with E-state index in [1.807, 2.05) is 24.3 Å². The maximum absolute atomic E-state index is 12.8. The van der Waals surface area contributed by atoms with Gasteiger partial charge in [0.05, 0.1) is 0 Å². The van der Waals surface area contributed by atoms with Crippen LogP contribution < -0.4 is 0 Å². The largest absolute Gasteiger partial charge is 0.345 e. The van der Waals surface area contributed by atoms with Crippen LogP contribution in [0, 0.1) is 0 Å².